The Hall–Kier alpha value is -0.380. The molecule has 1 heterocycles. The molecule has 0 bridgehead atoms. The lowest BCUT2D eigenvalue weighted by molar-refractivity contribution is 0.629. The third kappa shape index (κ3) is 1.84. The van der Waals surface area contributed by atoms with Crippen LogP contribution in [0, 0.1) is 12.7 Å². The van der Waals surface area contributed by atoms with Crippen molar-refractivity contribution in [2.45, 2.75) is 6.92 Å². The summed E-state index contributed by atoms with van der Waals surface area (Å²) >= 11 is 14.8. The molecule has 2 aromatic rings. The number of aryl methyl sites for hydroxylation is 1. The summed E-state index contributed by atoms with van der Waals surface area (Å²) in [5.41, 5.74) is 0.955. The molecule has 0 fully saturated rings. The first-order chi connectivity index (χ1) is 7.00. The molecular weight excluding hydrogens is 304 g/mol. The van der Waals surface area contributed by atoms with E-state index in [1.54, 1.807) is 13.0 Å². The van der Waals surface area contributed by atoms with Crippen LogP contribution in [0.15, 0.2) is 16.6 Å². The minimum Gasteiger partial charge on any atom is -0.233 e. The molecule has 0 spiro atoms. The van der Waals surface area contributed by atoms with E-state index in [4.69, 9.17) is 23.2 Å². The molecule has 0 aliphatic carbocycles. The largest absolute Gasteiger partial charge is 0.233 e. The maximum atomic E-state index is 13.8. The van der Waals surface area contributed by atoms with Gasteiger partial charge in [-0.15, -0.1) is 0 Å². The summed E-state index contributed by atoms with van der Waals surface area (Å²) in [6.45, 7) is 1.79. The zero-order chi connectivity index (χ0) is 11.2. The van der Waals surface area contributed by atoms with Crippen molar-refractivity contribution in [2.24, 2.45) is 0 Å². The van der Waals surface area contributed by atoms with Crippen molar-refractivity contribution in [2.75, 3.05) is 0 Å². The molecule has 1 nitrogen and oxygen atoms in total. The minimum absolute atomic E-state index is 0.183. The van der Waals surface area contributed by atoms with Gasteiger partial charge in [0.05, 0.1) is 9.50 Å². The molecule has 0 aliphatic heterocycles. The van der Waals surface area contributed by atoms with E-state index in [1.165, 1.54) is 6.07 Å². The van der Waals surface area contributed by atoms with Crippen molar-refractivity contribution < 1.29 is 4.39 Å². The Kier molecular flexibility index (Phi) is 2.88. The van der Waals surface area contributed by atoms with E-state index in [0.717, 1.165) is 5.56 Å². The number of halogens is 4. The molecule has 0 radical (unpaired) electrons. The van der Waals surface area contributed by atoms with Crippen molar-refractivity contribution in [3.8, 4) is 0 Å². The first-order valence-electron chi connectivity index (χ1n) is 4.11. The quantitative estimate of drug-likeness (QED) is 0.640. The Bertz CT molecular complexity index is 557. The standard InChI is InChI=1S/C10H5BrCl2FN/c1-4-2-5-6(12)3-7(13)15-10(5)9(14)8(4)11/h2-3H,1H3. The van der Waals surface area contributed by atoms with Crippen LogP contribution in [0.5, 0.6) is 0 Å². The number of aromatic nitrogens is 1. The third-order valence-corrected chi connectivity index (χ3v) is 3.56. The van der Waals surface area contributed by atoms with Crippen LogP contribution in [0.4, 0.5) is 4.39 Å². The molecular formula is C10H5BrCl2FN. The Labute approximate surface area is 104 Å². The first-order valence-corrected chi connectivity index (χ1v) is 5.66. The second kappa shape index (κ2) is 3.89. The first kappa shape index (κ1) is 11.1. The van der Waals surface area contributed by atoms with E-state index in [0.29, 0.717) is 14.9 Å². The van der Waals surface area contributed by atoms with E-state index in [-0.39, 0.29) is 10.7 Å². The zero-order valence-electron chi connectivity index (χ0n) is 7.61. The van der Waals surface area contributed by atoms with Crippen LogP contribution in [0.25, 0.3) is 10.9 Å². The van der Waals surface area contributed by atoms with E-state index in [1.807, 2.05) is 0 Å². The van der Waals surface area contributed by atoms with Crippen LogP contribution >= 0.6 is 39.1 Å². The van der Waals surface area contributed by atoms with Crippen LogP contribution in [0.3, 0.4) is 0 Å². The predicted molar refractivity (Wildman–Crippen MR) is 64.2 cm³/mol. The van der Waals surface area contributed by atoms with Crippen molar-refractivity contribution in [1.82, 2.24) is 4.98 Å². The fraction of sp³-hybridized carbons (Fsp3) is 0.100. The van der Waals surface area contributed by atoms with Gasteiger partial charge in [0.25, 0.3) is 0 Å². The maximum absolute atomic E-state index is 13.8. The highest BCUT2D eigenvalue weighted by molar-refractivity contribution is 9.10. The number of benzene rings is 1. The highest BCUT2D eigenvalue weighted by Crippen LogP contribution is 2.32. The number of fused-ring (bicyclic) bond motifs is 1. The normalized spacial score (nSPS) is 11.0. The molecule has 0 unspecified atom stereocenters. The van der Waals surface area contributed by atoms with Crippen LogP contribution in [0.2, 0.25) is 10.2 Å². The SMILES string of the molecule is Cc1cc2c(Cl)cc(Cl)nc2c(F)c1Br. The molecule has 0 N–H and O–H groups in total. The second-order valence-corrected chi connectivity index (χ2v) is 4.73. The Balaban J connectivity index is 2.98. The van der Waals surface area contributed by atoms with Crippen molar-refractivity contribution in [3.05, 3.63) is 38.2 Å². The van der Waals surface area contributed by atoms with Gasteiger partial charge in [0.15, 0.2) is 5.82 Å². The van der Waals surface area contributed by atoms with Gasteiger partial charge in [-0.25, -0.2) is 9.37 Å². The number of pyridine rings is 1. The monoisotopic (exact) mass is 307 g/mol. The lowest BCUT2D eigenvalue weighted by Gasteiger charge is -2.06. The Morgan fingerprint density at radius 3 is 2.67 bits per heavy atom. The van der Waals surface area contributed by atoms with Crippen LogP contribution in [-0.4, -0.2) is 4.98 Å². The molecule has 0 atom stereocenters. The van der Waals surface area contributed by atoms with Gasteiger partial charge in [0.2, 0.25) is 0 Å². The van der Waals surface area contributed by atoms with Crippen molar-refractivity contribution in [3.63, 3.8) is 0 Å². The van der Waals surface area contributed by atoms with Gasteiger partial charge in [0.1, 0.15) is 10.7 Å². The summed E-state index contributed by atoms with van der Waals surface area (Å²) < 4.78 is 14.2. The van der Waals surface area contributed by atoms with E-state index in [9.17, 15) is 4.39 Å². The van der Waals surface area contributed by atoms with Gasteiger partial charge in [-0.1, -0.05) is 23.2 Å². The van der Waals surface area contributed by atoms with Gasteiger partial charge < -0.3 is 0 Å². The fourth-order valence-corrected chi connectivity index (χ4v) is 2.16. The van der Waals surface area contributed by atoms with Gasteiger partial charge in [-0.3, -0.25) is 0 Å². The van der Waals surface area contributed by atoms with Crippen LogP contribution in [-0.2, 0) is 0 Å². The average molecular weight is 309 g/mol. The predicted octanol–water partition coefficient (Wildman–Crippen LogP) is 4.75. The van der Waals surface area contributed by atoms with E-state index < -0.39 is 5.82 Å². The lowest BCUT2D eigenvalue weighted by atomic mass is 10.1. The summed E-state index contributed by atoms with van der Waals surface area (Å²) in [4.78, 5) is 3.91. The highest BCUT2D eigenvalue weighted by Gasteiger charge is 2.13. The molecule has 0 saturated carbocycles. The Morgan fingerprint density at radius 2 is 2.00 bits per heavy atom. The smallest absolute Gasteiger partial charge is 0.163 e. The molecule has 78 valence electrons. The average Bonchev–Trinajstić information content (AvgIpc) is 2.17. The topological polar surface area (TPSA) is 12.9 Å². The van der Waals surface area contributed by atoms with Crippen molar-refractivity contribution >= 4 is 50.0 Å². The molecule has 0 saturated heterocycles. The highest BCUT2D eigenvalue weighted by atomic mass is 79.9. The molecule has 2 rings (SSSR count). The summed E-state index contributed by atoms with van der Waals surface area (Å²) in [5, 5.41) is 1.15. The van der Waals surface area contributed by atoms with Gasteiger partial charge in [-0.05, 0) is 40.5 Å². The molecule has 0 aliphatic rings. The number of rotatable bonds is 0. The second-order valence-electron chi connectivity index (χ2n) is 3.14. The molecule has 0 amide bonds. The number of hydrogen-bond acceptors (Lipinski definition) is 1. The van der Waals surface area contributed by atoms with E-state index >= 15 is 0 Å². The fourth-order valence-electron chi connectivity index (χ4n) is 1.36. The summed E-state index contributed by atoms with van der Waals surface area (Å²) in [7, 11) is 0. The summed E-state index contributed by atoms with van der Waals surface area (Å²) in [6, 6.07) is 3.27. The lowest BCUT2D eigenvalue weighted by Crippen LogP contribution is -1.90. The summed E-state index contributed by atoms with van der Waals surface area (Å²) in [6.07, 6.45) is 0. The Morgan fingerprint density at radius 1 is 1.33 bits per heavy atom. The molecule has 1 aromatic heterocycles. The minimum atomic E-state index is -0.436. The van der Waals surface area contributed by atoms with Gasteiger partial charge in [0, 0.05) is 5.39 Å². The molecule has 1 aromatic carbocycles. The zero-order valence-corrected chi connectivity index (χ0v) is 10.7. The van der Waals surface area contributed by atoms with Crippen molar-refractivity contribution in [1.29, 1.82) is 0 Å². The number of hydrogen-bond donors (Lipinski definition) is 0. The van der Waals surface area contributed by atoms with Crippen LogP contribution < -0.4 is 0 Å². The number of nitrogens with zero attached hydrogens (tertiary/aromatic N) is 1. The summed E-state index contributed by atoms with van der Waals surface area (Å²) in [5.74, 6) is -0.436. The van der Waals surface area contributed by atoms with Crippen LogP contribution in [0.1, 0.15) is 5.56 Å². The molecule has 5 heteroatoms. The molecule has 15 heavy (non-hydrogen) atoms. The maximum Gasteiger partial charge on any atom is 0.163 e. The van der Waals surface area contributed by atoms with E-state index in [2.05, 4.69) is 20.9 Å². The van der Waals surface area contributed by atoms with Gasteiger partial charge in [-0.2, -0.15) is 0 Å². The third-order valence-electron chi connectivity index (χ3n) is 2.08. The van der Waals surface area contributed by atoms with Gasteiger partial charge >= 0.3 is 0 Å².